The molecule has 20 heavy (non-hydrogen) atoms. The van der Waals surface area contributed by atoms with Crippen molar-refractivity contribution in [1.82, 2.24) is 0 Å². The summed E-state index contributed by atoms with van der Waals surface area (Å²) < 4.78 is 14.9. The zero-order valence-corrected chi connectivity index (χ0v) is 12.0. The number of carbonyl (C=O) groups is 1. The highest BCUT2D eigenvalue weighted by atomic mass is 16.5. The second-order valence-corrected chi connectivity index (χ2v) is 4.33. The maximum Gasteiger partial charge on any atom is 0.305 e. The first-order valence-electron chi connectivity index (χ1n) is 6.25. The van der Waals surface area contributed by atoms with Crippen LogP contribution in [0.25, 0.3) is 0 Å². The van der Waals surface area contributed by atoms with Crippen molar-refractivity contribution >= 4 is 5.97 Å². The normalized spacial score (nSPS) is 13.4. The summed E-state index contributed by atoms with van der Waals surface area (Å²) in [5.41, 5.74) is 6.44. The van der Waals surface area contributed by atoms with Gasteiger partial charge in [-0.3, -0.25) is 4.79 Å². The van der Waals surface area contributed by atoms with E-state index in [1.165, 1.54) is 21.3 Å². The van der Waals surface area contributed by atoms with Gasteiger partial charge in [-0.2, -0.15) is 0 Å². The Morgan fingerprint density at radius 3 is 2.55 bits per heavy atom. The first kappa shape index (κ1) is 16.3. The van der Waals surface area contributed by atoms with Gasteiger partial charge in [-0.25, -0.2) is 0 Å². The maximum atomic E-state index is 11.1. The Balaban J connectivity index is 2.83. The smallest absolute Gasteiger partial charge is 0.305 e. The van der Waals surface area contributed by atoms with Gasteiger partial charge in [0.25, 0.3) is 0 Å². The van der Waals surface area contributed by atoms with Crippen LogP contribution < -0.4 is 15.2 Å². The quantitative estimate of drug-likeness (QED) is 0.726. The van der Waals surface area contributed by atoms with Crippen LogP contribution in [0.1, 0.15) is 24.5 Å². The molecule has 0 aliphatic heterocycles. The Morgan fingerprint density at radius 1 is 1.30 bits per heavy atom. The number of methoxy groups -OCH3 is 3. The third kappa shape index (κ3) is 4.11. The third-order valence-corrected chi connectivity index (χ3v) is 3.07. The van der Waals surface area contributed by atoms with E-state index >= 15 is 0 Å². The van der Waals surface area contributed by atoms with Crippen LogP contribution in [0, 0.1) is 0 Å². The van der Waals surface area contributed by atoms with Crippen LogP contribution in [0.3, 0.4) is 0 Å². The average molecular weight is 283 g/mol. The molecule has 0 bridgehead atoms. The third-order valence-electron chi connectivity index (χ3n) is 3.07. The Morgan fingerprint density at radius 2 is 2.00 bits per heavy atom. The van der Waals surface area contributed by atoms with Crippen LogP contribution in [0.2, 0.25) is 0 Å². The SMILES string of the molecule is COC(=O)CCC(N)C(O)c1cc(OC)ccc1OC. The summed E-state index contributed by atoms with van der Waals surface area (Å²) in [6.07, 6.45) is -0.487. The summed E-state index contributed by atoms with van der Waals surface area (Å²) in [5, 5.41) is 10.3. The number of rotatable bonds is 7. The fourth-order valence-corrected chi connectivity index (χ4v) is 1.85. The van der Waals surface area contributed by atoms with Crippen molar-refractivity contribution in [3.63, 3.8) is 0 Å². The van der Waals surface area contributed by atoms with Crippen LogP contribution in [0.5, 0.6) is 11.5 Å². The van der Waals surface area contributed by atoms with E-state index in [9.17, 15) is 9.90 Å². The van der Waals surface area contributed by atoms with Crippen molar-refractivity contribution in [2.24, 2.45) is 5.73 Å². The number of benzene rings is 1. The van der Waals surface area contributed by atoms with Crippen molar-refractivity contribution in [1.29, 1.82) is 0 Å². The van der Waals surface area contributed by atoms with Crippen LogP contribution in [0.15, 0.2) is 18.2 Å². The van der Waals surface area contributed by atoms with Crippen LogP contribution in [-0.2, 0) is 9.53 Å². The number of esters is 1. The van der Waals surface area contributed by atoms with E-state index in [0.717, 1.165) is 0 Å². The van der Waals surface area contributed by atoms with Crippen LogP contribution in [-0.4, -0.2) is 38.4 Å². The lowest BCUT2D eigenvalue weighted by atomic mass is 9.98. The van der Waals surface area contributed by atoms with E-state index in [1.807, 2.05) is 0 Å². The van der Waals surface area contributed by atoms with E-state index in [2.05, 4.69) is 4.74 Å². The molecule has 0 fully saturated rings. The molecule has 6 nitrogen and oxygen atoms in total. The molecule has 1 rings (SSSR count). The summed E-state index contributed by atoms with van der Waals surface area (Å²) in [6.45, 7) is 0. The Kier molecular flexibility index (Phi) is 6.27. The molecule has 112 valence electrons. The zero-order valence-electron chi connectivity index (χ0n) is 12.0. The Labute approximate surface area is 118 Å². The summed E-state index contributed by atoms with van der Waals surface area (Å²) in [5.74, 6) is 0.761. The molecule has 2 unspecified atom stereocenters. The number of aliphatic hydroxyl groups excluding tert-OH is 1. The molecule has 0 aliphatic carbocycles. The minimum Gasteiger partial charge on any atom is -0.497 e. The highest BCUT2D eigenvalue weighted by Gasteiger charge is 2.22. The number of aliphatic hydroxyl groups is 1. The second-order valence-electron chi connectivity index (χ2n) is 4.33. The van der Waals surface area contributed by atoms with Gasteiger partial charge >= 0.3 is 5.97 Å². The monoisotopic (exact) mass is 283 g/mol. The highest BCUT2D eigenvalue weighted by Crippen LogP contribution is 2.31. The minimum atomic E-state index is -0.954. The van der Waals surface area contributed by atoms with Gasteiger partial charge in [0.15, 0.2) is 0 Å². The summed E-state index contributed by atoms with van der Waals surface area (Å²) in [6, 6.07) is 4.50. The van der Waals surface area contributed by atoms with Gasteiger partial charge in [0.1, 0.15) is 11.5 Å². The van der Waals surface area contributed by atoms with Crippen molar-refractivity contribution in [3.05, 3.63) is 23.8 Å². The fraction of sp³-hybridized carbons (Fsp3) is 0.500. The van der Waals surface area contributed by atoms with E-state index in [1.54, 1.807) is 18.2 Å². The lowest BCUT2D eigenvalue weighted by molar-refractivity contribution is -0.140. The molecule has 0 radical (unpaired) electrons. The lowest BCUT2D eigenvalue weighted by Gasteiger charge is -2.21. The first-order chi connectivity index (χ1) is 9.53. The molecule has 0 saturated heterocycles. The van der Waals surface area contributed by atoms with E-state index in [-0.39, 0.29) is 12.4 Å². The van der Waals surface area contributed by atoms with Gasteiger partial charge < -0.3 is 25.1 Å². The van der Waals surface area contributed by atoms with Gasteiger partial charge in [-0.15, -0.1) is 0 Å². The number of ether oxygens (including phenoxy) is 3. The van der Waals surface area contributed by atoms with Gasteiger partial charge in [0.05, 0.1) is 27.4 Å². The molecule has 6 heteroatoms. The van der Waals surface area contributed by atoms with Gasteiger partial charge in [0, 0.05) is 18.0 Å². The number of hydrogen-bond acceptors (Lipinski definition) is 6. The lowest BCUT2D eigenvalue weighted by Crippen LogP contribution is -2.29. The van der Waals surface area contributed by atoms with Crippen molar-refractivity contribution < 1.29 is 24.1 Å². The predicted octanol–water partition coefficient (Wildman–Crippen LogP) is 1.02. The topological polar surface area (TPSA) is 91.0 Å². The van der Waals surface area contributed by atoms with Crippen molar-refractivity contribution in [2.75, 3.05) is 21.3 Å². The molecule has 0 amide bonds. The minimum absolute atomic E-state index is 0.154. The number of nitrogens with two attached hydrogens (primary N) is 1. The molecule has 0 spiro atoms. The molecule has 2 atom stereocenters. The van der Waals surface area contributed by atoms with E-state index in [4.69, 9.17) is 15.2 Å². The van der Waals surface area contributed by atoms with Gasteiger partial charge in [-0.05, 0) is 24.6 Å². The largest absolute Gasteiger partial charge is 0.497 e. The molecular weight excluding hydrogens is 262 g/mol. The molecule has 0 heterocycles. The standard InChI is InChI=1S/C14H21NO5/c1-18-9-4-6-12(19-2)10(8-9)14(17)11(15)5-7-13(16)20-3/h4,6,8,11,14,17H,5,7,15H2,1-3H3. The molecular formula is C14H21NO5. The molecule has 0 saturated carbocycles. The average Bonchev–Trinajstić information content (AvgIpc) is 2.50. The summed E-state index contributed by atoms with van der Waals surface area (Å²) in [4.78, 5) is 11.1. The summed E-state index contributed by atoms with van der Waals surface area (Å²) >= 11 is 0. The van der Waals surface area contributed by atoms with E-state index in [0.29, 0.717) is 23.5 Å². The predicted molar refractivity (Wildman–Crippen MR) is 73.7 cm³/mol. The first-order valence-corrected chi connectivity index (χ1v) is 6.25. The Hall–Kier alpha value is -1.79. The van der Waals surface area contributed by atoms with E-state index < -0.39 is 12.1 Å². The zero-order chi connectivity index (χ0) is 15.1. The van der Waals surface area contributed by atoms with Crippen LogP contribution in [0.4, 0.5) is 0 Å². The molecule has 0 aliphatic rings. The number of hydrogen-bond donors (Lipinski definition) is 2. The van der Waals surface area contributed by atoms with Crippen LogP contribution >= 0.6 is 0 Å². The fourth-order valence-electron chi connectivity index (χ4n) is 1.85. The molecule has 0 aromatic heterocycles. The highest BCUT2D eigenvalue weighted by molar-refractivity contribution is 5.69. The van der Waals surface area contributed by atoms with Gasteiger partial charge in [-0.1, -0.05) is 0 Å². The maximum absolute atomic E-state index is 11.1. The second kappa shape index (κ2) is 7.72. The Bertz CT molecular complexity index is 449. The molecule has 1 aromatic rings. The molecule has 1 aromatic carbocycles. The van der Waals surface area contributed by atoms with Crippen molar-refractivity contribution in [3.8, 4) is 11.5 Å². The number of carbonyl (C=O) groups excluding carboxylic acids is 1. The van der Waals surface area contributed by atoms with Gasteiger partial charge in [0.2, 0.25) is 0 Å². The van der Waals surface area contributed by atoms with Crippen molar-refractivity contribution in [2.45, 2.75) is 25.0 Å². The summed E-state index contributed by atoms with van der Waals surface area (Å²) in [7, 11) is 4.36. The molecule has 3 N–H and O–H groups in total.